The maximum absolute atomic E-state index is 12.3. The van der Waals surface area contributed by atoms with Crippen molar-refractivity contribution >= 4 is 45.0 Å². The fourth-order valence-corrected chi connectivity index (χ4v) is 3.66. The summed E-state index contributed by atoms with van der Waals surface area (Å²) in [5.74, 6) is -0.235. The third kappa shape index (κ3) is 4.53. The van der Waals surface area contributed by atoms with Gasteiger partial charge in [-0.2, -0.15) is 0 Å². The number of aryl methyl sites for hydroxylation is 3. The predicted molar refractivity (Wildman–Crippen MR) is 119 cm³/mol. The van der Waals surface area contributed by atoms with E-state index in [2.05, 4.69) is 25.7 Å². The molecule has 158 valence electrons. The van der Waals surface area contributed by atoms with Crippen LogP contribution in [0.1, 0.15) is 21.6 Å². The van der Waals surface area contributed by atoms with Gasteiger partial charge in [0.15, 0.2) is 17.4 Å². The van der Waals surface area contributed by atoms with E-state index in [9.17, 15) is 9.59 Å². The maximum Gasteiger partial charge on any atom is 0.262 e. The number of carbonyl (C=O) groups excluding carboxylic acids is 2. The summed E-state index contributed by atoms with van der Waals surface area (Å²) in [7, 11) is 1.79. The molecule has 0 aliphatic carbocycles. The molecule has 0 unspecified atom stereocenters. The molecular weight excluding hydrogens is 416 g/mol. The van der Waals surface area contributed by atoms with Gasteiger partial charge < -0.3 is 10.1 Å². The monoisotopic (exact) mass is 436 g/mol. The lowest BCUT2D eigenvalue weighted by Gasteiger charge is -2.08. The number of thiazole rings is 1. The van der Waals surface area contributed by atoms with Gasteiger partial charge >= 0.3 is 0 Å². The highest BCUT2D eigenvalue weighted by Gasteiger charge is 2.16. The lowest BCUT2D eigenvalue weighted by Crippen LogP contribution is -2.20. The zero-order valence-electron chi connectivity index (χ0n) is 17.2. The van der Waals surface area contributed by atoms with Gasteiger partial charge in [-0.3, -0.25) is 14.9 Å². The summed E-state index contributed by atoms with van der Waals surface area (Å²) in [6.07, 6.45) is 1.62. The van der Waals surface area contributed by atoms with Gasteiger partial charge in [0.1, 0.15) is 0 Å². The molecule has 0 saturated heterocycles. The molecule has 10 heteroatoms. The summed E-state index contributed by atoms with van der Waals surface area (Å²) in [6, 6.07) is 8.51. The average molecular weight is 436 g/mol. The van der Waals surface area contributed by atoms with Gasteiger partial charge in [0.2, 0.25) is 5.88 Å². The Bertz CT molecular complexity index is 1250. The summed E-state index contributed by atoms with van der Waals surface area (Å²) >= 11 is 1.34. The van der Waals surface area contributed by atoms with E-state index in [1.807, 2.05) is 19.9 Å². The zero-order valence-corrected chi connectivity index (χ0v) is 18.0. The Balaban J connectivity index is 1.37. The van der Waals surface area contributed by atoms with Crippen LogP contribution in [0.15, 0.2) is 41.9 Å². The highest BCUT2D eigenvalue weighted by molar-refractivity contribution is 7.13. The number of hydrogen-bond donors (Lipinski definition) is 2. The van der Waals surface area contributed by atoms with Crippen molar-refractivity contribution in [2.75, 3.05) is 17.2 Å². The number of aromatic nitrogens is 4. The van der Waals surface area contributed by atoms with Crippen LogP contribution in [0.5, 0.6) is 5.88 Å². The minimum absolute atomic E-state index is 0.203. The molecule has 31 heavy (non-hydrogen) atoms. The molecule has 2 amide bonds. The SMILES string of the molecule is Cc1cc(C)c2c(OCC(=O)Nc3ccc(C(=O)Nc4nccs4)cc3)nn(C)c2n1. The number of pyridine rings is 1. The first-order valence-corrected chi connectivity index (χ1v) is 10.3. The molecule has 2 N–H and O–H groups in total. The second-order valence-corrected chi connectivity index (χ2v) is 7.81. The van der Waals surface area contributed by atoms with E-state index in [1.54, 1.807) is 47.6 Å². The van der Waals surface area contributed by atoms with Crippen molar-refractivity contribution < 1.29 is 14.3 Å². The molecule has 0 bridgehead atoms. The second kappa shape index (κ2) is 8.52. The molecule has 4 aromatic rings. The van der Waals surface area contributed by atoms with Crippen LogP contribution in [0.4, 0.5) is 10.8 Å². The minimum Gasteiger partial charge on any atom is -0.466 e. The highest BCUT2D eigenvalue weighted by Crippen LogP contribution is 2.27. The number of ether oxygens (including phenoxy) is 1. The van der Waals surface area contributed by atoms with E-state index in [0.717, 1.165) is 16.6 Å². The number of anilines is 2. The lowest BCUT2D eigenvalue weighted by molar-refractivity contribution is -0.118. The second-order valence-electron chi connectivity index (χ2n) is 6.91. The minimum atomic E-state index is -0.337. The number of benzene rings is 1. The number of amides is 2. The molecule has 0 fully saturated rings. The van der Waals surface area contributed by atoms with E-state index in [1.165, 1.54) is 11.3 Å². The fourth-order valence-electron chi connectivity index (χ4n) is 3.14. The van der Waals surface area contributed by atoms with Crippen LogP contribution >= 0.6 is 11.3 Å². The van der Waals surface area contributed by atoms with Crippen molar-refractivity contribution in [1.82, 2.24) is 19.7 Å². The Morgan fingerprint density at radius 2 is 1.94 bits per heavy atom. The van der Waals surface area contributed by atoms with Gasteiger partial charge in [-0.1, -0.05) is 0 Å². The number of hydrogen-bond acceptors (Lipinski definition) is 7. The lowest BCUT2D eigenvalue weighted by atomic mass is 10.2. The summed E-state index contributed by atoms with van der Waals surface area (Å²) < 4.78 is 7.30. The van der Waals surface area contributed by atoms with Gasteiger partial charge in [0, 0.05) is 35.6 Å². The van der Waals surface area contributed by atoms with Gasteiger partial charge in [-0.05, 0) is 49.7 Å². The summed E-state index contributed by atoms with van der Waals surface area (Å²) in [5.41, 5.74) is 3.60. The third-order valence-corrected chi connectivity index (χ3v) is 5.20. The van der Waals surface area contributed by atoms with Crippen LogP contribution in [-0.2, 0) is 11.8 Å². The molecule has 0 aliphatic rings. The number of nitrogens with zero attached hydrogens (tertiary/aromatic N) is 4. The quantitative estimate of drug-likeness (QED) is 0.480. The molecule has 4 rings (SSSR count). The zero-order chi connectivity index (χ0) is 22.0. The van der Waals surface area contributed by atoms with Crippen LogP contribution in [0.2, 0.25) is 0 Å². The molecule has 0 radical (unpaired) electrons. The van der Waals surface area contributed by atoms with Crippen molar-refractivity contribution in [1.29, 1.82) is 0 Å². The van der Waals surface area contributed by atoms with Crippen LogP contribution in [0.3, 0.4) is 0 Å². The molecule has 0 saturated carbocycles. The van der Waals surface area contributed by atoms with Gasteiger partial charge in [-0.25, -0.2) is 14.6 Å². The number of rotatable bonds is 6. The van der Waals surface area contributed by atoms with Crippen LogP contribution in [0, 0.1) is 13.8 Å². The van der Waals surface area contributed by atoms with Gasteiger partial charge in [-0.15, -0.1) is 16.4 Å². The highest BCUT2D eigenvalue weighted by atomic mass is 32.1. The van der Waals surface area contributed by atoms with Crippen LogP contribution < -0.4 is 15.4 Å². The fraction of sp³-hybridized carbons (Fsp3) is 0.190. The number of fused-ring (bicyclic) bond motifs is 1. The Morgan fingerprint density at radius 1 is 1.16 bits per heavy atom. The Kier molecular flexibility index (Phi) is 5.63. The molecule has 1 aromatic carbocycles. The molecule has 0 aliphatic heterocycles. The van der Waals surface area contributed by atoms with Crippen molar-refractivity contribution in [3.05, 3.63) is 58.7 Å². The normalized spacial score (nSPS) is 10.8. The van der Waals surface area contributed by atoms with E-state index in [-0.39, 0.29) is 18.4 Å². The van der Waals surface area contributed by atoms with Crippen molar-refractivity contribution in [2.24, 2.45) is 7.05 Å². The van der Waals surface area contributed by atoms with E-state index in [4.69, 9.17) is 4.74 Å². The predicted octanol–water partition coefficient (Wildman–Crippen LogP) is 3.31. The van der Waals surface area contributed by atoms with Crippen molar-refractivity contribution in [3.63, 3.8) is 0 Å². The van der Waals surface area contributed by atoms with E-state index >= 15 is 0 Å². The van der Waals surface area contributed by atoms with Gasteiger partial charge in [0.05, 0.1) is 5.39 Å². The standard InChI is InChI=1S/C21H20N6O3S/c1-12-10-13(2)23-18-17(12)20(26-27(18)3)30-11-16(28)24-15-6-4-14(5-7-15)19(29)25-21-22-8-9-31-21/h4-10H,11H2,1-3H3,(H,24,28)(H,22,25,29). The average Bonchev–Trinajstić information content (AvgIpc) is 3.35. The van der Waals surface area contributed by atoms with E-state index in [0.29, 0.717) is 27.9 Å². The Hall–Kier alpha value is -3.79. The first-order valence-electron chi connectivity index (χ1n) is 9.45. The molecule has 3 heterocycles. The third-order valence-electron chi connectivity index (χ3n) is 4.51. The number of nitrogens with one attached hydrogen (secondary N) is 2. The van der Waals surface area contributed by atoms with E-state index < -0.39 is 0 Å². The summed E-state index contributed by atoms with van der Waals surface area (Å²) in [5, 5.41) is 12.9. The first kappa shape index (κ1) is 20.5. The Labute approximate surface area is 182 Å². The summed E-state index contributed by atoms with van der Waals surface area (Å²) in [4.78, 5) is 33.0. The summed E-state index contributed by atoms with van der Waals surface area (Å²) in [6.45, 7) is 3.67. The smallest absolute Gasteiger partial charge is 0.262 e. The molecule has 9 nitrogen and oxygen atoms in total. The molecule has 3 aromatic heterocycles. The Morgan fingerprint density at radius 3 is 2.65 bits per heavy atom. The maximum atomic E-state index is 12.3. The molecular formula is C21H20N6O3S. The first-order chi connectivity index (χ1) is 14.9. The number of carbonyl (C=O) groups is 2. The topological polar surface area (TPSA) is 111 Å². The van der Waals surface area contributed by atoms with Crippen LogP contribution in [0.25, 0.3) is 11.0 Å². The molecule has 0 atom stereocenters. The molecule has 0 spiro atoms. The van der Waals surface area contributed by atoms with Crippen LogP contribution in [-0.4, -0.2) is 38.2 Å². The largest absolute Gasteiger partial charge is 0.466 e. The van der Waals surface area contributed by atoms with Gasteiger partial charge in [0.25, 0.3) is 11.8 Å². The van der Waals surface area contributed by atoms with Crippen molar-refractivity contribution in [3.8, 4) is 5.88 Å². The van der Waals surface area contributed by atoms with Crippen molar-refractivity contribution in [2.45, 2.75) is 13.8 Å².